The second kappa shape index (κ2) is 9.94. The van der Waals surface area contributed by atoms with E-state index in [4.69, 9.17) is 0 Å². The van der Waals surface area contributed by atoms with Crippen LogP contribution in [0.1, 0.15) is 31.4 Å². The summed E-state index contributed by atoms with van der Waals surface area (Å²) in [5.74, 6) is 0.629. The van der Waals surface area contributed by atoms with Crippen molar-refractivity contribution in [3.05, 3.63) is 59.7 Å². The minimum absolute atomic E-state index is 0.0674. The lowest BCUT2D eigenvalue weighted by Crippen LogP contribution is -2.58. The first kappa shape index (κ1) is 21.4. The van der Waals surface area contributed by atoms with Crippen molar-refractivity contribution in [2.75, 3.05) is 18.4 Å². The molecule has 6 heteroatoms. The smallest absolute Gasteiger partial charge is 0.237 e. The number of benzene rings is 2. The average Bonchev–Trinajstić information content (AvgIpc) is 2.68. The molecule has 1 unspecified atom stereocenters. The van der Waals surface area contributed by atoms with Gasteiger partial charge in [-0.15, -0.1) is 11.8 Å². The van der Waals surface area contributed by atoms with Crippen molar-refractivity contribution in [2.45, 2.75) is 49.9 Å². The average molecular weight is 412 g/mol. The molecule has 1 fully saturated rings. The summed E-state index contributed by atoms with van der Waals surface area (Å²) in [6.07, 6.45) is 0.154. The van der Waals surface area contributed by atoms with Gasteiger partial charge in [0.05, 0.1) is 18.2 Å². The lowest BCUT2D eigenvalue weighted by Gasteiger charge is -2.37. The minimum Gasteiger partial charge on any atom is -0.353 e. The predicted molar refractivity (Wildman–Crippen MR) is 119 cm³/mol. The van der Waals surface area contributed by atoms with Crippen LogP contribution in [-0.2, 0) is 15.3 Å². The number of anilines is 1. The zero-order valence-electron chi connectivity index (χ0n) is 17.3. The van der Waals surface area contributed by atoms with Gasteiger partial charge < -0.3 is 10.6 Å². The molecule has 0 aliphatic carbocycles. The van der Waals surface area contributed by atoms with E-state index in [1.165, 1.54) is 11.1 Å². The zero-order valence-corrected chi connectivity index (χ0v) is 18.1. The molecular weight excluding hydrogens is 382 g/mol. The topological polar surface area (TPSA) is 61.4 Å². The number of nitrogens with zero attached hydrogens (tertiary/aromatic N) is 1. The number of nitrogens with one attached hydrogen (secondary N) is 2. The number of hydrogen-bond acceptors (Lipinski definition) is 4. The Balaban J connectivity index is 1.65. The monoisotopic (exact) mass is 411 g/mol. The first-order valence-electron chi connectivity index (χ1n) is 10.0. The summed E-state index contributed by atoms with van der Waals surface area (Å²) in [6, 6.07) is 16.1. The summed E-state index contributed by atoms with van der Waals surface area (Å²) in [5.41, 5.74) is 3.29. The molecule has 154 valence electrons. The fraction of sp³-hybridized carbons (Fsp3) is 0.391. The van der Waals surface area contributed by atoms with Crippen LogP contribution in [0.25, 0.3) is 0 Å². The molecular formula is C23H29N3O2S. The molecule has 0 bridgehead atoms. The molecule has 29 heavy (non-hydrogen) atoms. The number of carbonyl (C=O) groups is 2. The van der Waals surface area contributed by atoms with Crippen molar-refractivity contribution in [3.8, 4) is 0 Å². The van der Waals surface area contributed by atoms with Crippen LogP contribution >= 0.6 is 11.8 Å². The van der Waals surface area contributed by atoms with Crippen LogP contribution in [0.15, 0.2) is 53.4 Å². The van der Waals surface area contributed by atoms with Crippen LogP contribution in [-0.4, -0.2) is 41.9 Å². The molecule has 2 amide bonds. The highest BCUT2D eigenvalue weighted by atomic mass is 32.2. The molecule has 1 saturated heterocycles. The maximum Gasteiger partial charge on any atom is 0.237 e. The number of rotatable bonds is 7. The van der Waals surface area contributed by atoms with Crippen molar-refractivity contribution in [1.29, 1.82) is 0 Å². The lowest BCUT2D eigenvalue weighted by atomic mass is 10.1. The second-order valence-electron chi connectivity index (χ2n) is 7.66. The van der Waals surface area contributed by atoms with E-state index in [0.717, 1.165) is 22.9 Å². The number of para-hydroxylation sites is 1. The second-order valence-corrected chi connectivity index (χ2v) is 8.68. The lowest BCUT2D eigenvalue weighted by molar-refractivity contribution is -0.133. The Kier molecular flexibility index (Phi) is 7.34. The molecule has 2 N–H and O–H groups in total. The number of piperazine rings is 1. The molecule has 1 aliphatic rings. The standard InChI is InChI=1S/C23H29N3O2S/c1-16(2)26-12-11-24-23(28)20(26)14-22(27)25-19-9-4-5-10-21(19)29-15-18-8-6-7-17(3)13-18/h4-10,13,16,20H,11-12,14-15H2,1-3H3,(H,24,28)(H,25,27). The summed E-state index contributed by atoms with van der Waals surface area (Å²) in [4.78, 5) is 28.2. The Labute approximate surface area is 177 Å². The molecule has 1 aliphatic heterocycles. The highest BCUT2D eigenvalue weighted by Crippen LogP contribution is 2.30. The quantitative estimate of drug-likeness (QED) is 0.680. The molecule has 5 nitrogen and oxygen atoms in total. The van der Waals surface area contributed by atoms with Gasteiger partial charge in [0.15, 0.2) is 0 Å². The Morgan fingerprint density at radius 1 is 1.24 bits per heavy atom. The Hall–Kier alpha value is -2.31. The van der Waals surface area contributed by atoms with Crippen molar-refractivity contribution in [2.24, 2.45) is 0 Å². The minimum atomic E-state index is -0.421. The highest BCUT2D eigenvalue weighted by molar-refractivity contribution is 7.98. The largest absolute Gasteiger partial charge is 0.353 e. The highest BCUT2D eigenvalue weighted by Gasteiger charge is 2.33. The Bertz CT molecular complexity index is 869. The maximum absolute atomic E-state index is 12.7. The number of carbonyl (C=O) groups excluding carboxylic acids is 2. The van der Waals surface area contributed by atoms with Crippen LogP contribution in [0, 0.1) is 6.92 Å². The number of thioether (sulfide) groups is 1. The summed E-state index contributed by atoms with van der Waals surface area (Å²) >= 11 is 1.70. The third-order valence-corrected chi connectivity index (χ3v) is 6.20. The van der Waals surface area contributed by atoms with E-state index < -0.39 is 6.04 Å². The zero-order chi connectivity index (χ0) is 20.8. The number of hydrogen-bond donors (Lipinski definition) is 2. The third-order valence-electron chi connectivity index (χ3n) is 5.05. The normalized spacial score (nSPS) is 17.2. The van der Waals surface area contributed by atoms with Gasteiger partial charge in [-0.1, -0.05) is 42.0 Å². The van der Waals surface area contributed by atoms with Gasteiger partial charge in [-0.05, 0) is 38.5 Å². The number of amides is 2. The molecule has 0 spiro atoms. The summed E-state index contributed by atoms with van der Waals surface area (Å²) < 4.78 is 0. The first-order valence-corrected chi connectivity index (χ1v) is 11.0. The molecule has 3 rings (SSSR count). The molecule has 1 atom stereocenters. The van der Waals surface area contributed by atoms with Gasteiger partial charge >= 0.3 is 0 Å². The van der Waals surface area contributed by atoms with Crippen molar-refractivity contribution < 1.29 is 9.59 Å². The van der Waals surface area contributed by atoms with Crippen LogP contribution in [0.2, 0.25) is 0 Å². The fourth-order valence-corrected chi connectivity index (χ4v) is 4.55. The molecule has 1 heterocycles. The van der Waals surface area contributed by atoms with E-state index in [1.807, 2.05) is 24.3 Å². The van der Waals surface area contributed by atoms with Crippen LogP contribution < -0.4 is 10.6 Å². The molecule has 0 saturated carbocycles. The summed E-state index contributed by atoms with van der Waals surface area (Å²) in [5, 5.41) is 5.89. The molecule has 0 radical (unpaired) electrons. The SMILES string of the molecule is Cc1cccc(CSc2ccccc2NC(=O)CC2C(=O)NCCN2C(C)C)c1. The Morgan fingerprint density at radius 2 is 2.03 bits per heavy atom. The van der Waals surface area contributed by atoms with E-state index in [-0.39, 0.29) is 24.3 Å². The van der Waals surface area contributed by atoms with Crippen LogP contribution in [0.4, 0.5) is 5.69 Å². The molecule has 2 aromatic carbocycles. The van der Waals surface area contributed by atoms with Crippen LogP contribution in [0.3, 0.4) is 0 Å². The first-order chi connectivity index (χ1) is 13.9. The van der Waals surface area contributed by atoms with E-state index in [2.05, 4.69) is 60.6 Å². The van der Waals surface area contributed by atoms with E-state index >= 15 is 0 Å². The summed E-state index contributed by atoms with van der Waals surface area (Å²) in [6.45, 7) is 7.60. The third kappa shape index (κ3) is 5.84. The van der Waals surface area contributed by atoms with Crippen molar-refractivity contribution >= 4 is 29.3 Å². The predicted octanol–water partition coefficient (Wildman–Crippen LogP) is 3.82. The van der Waals surface area contributed by atoms with Crippen molar-refractivity contribution in [1.82, 2.24) is 10.2 Å². The maximum atomic E-state index is 12.7. The van der Waals surface area contributed by atoms with E-state index in [0.29, 0.717) is 6.54 Å². The Morgan fingerprint density at radius 3 is 2.79 bits per heavy atom. The van der Waals surface area contributed by atoms with Gasteiger partial charge in [0.1, 0.15) is 0 Å². The van der Waals surface area contributed by atoms with E-state index in [9.17, 15) is 9.59 Å². The van der Waals surface area contributed by atoms with Gasteiger partial charge in [-0.3, -0.25) is 14.5 Å². The van der Waals surface area contributed by atoms with Gasteiger partial charge in [-0.2, -0.15) is 0 Å². The number of aryl methyl sites for hydroxylation is 1. The van der Waals surface area contributed by atoms with Crippen molar-refractivity contribution in [3.63, 3.8) is 0 Å². The molecule has 0 aromatic heterocycles. The summed E-state index contributed by atoms with van der Waals surface area (Å²) in [7, 11) is 0. The van der Waals surface area contributed by atoms with Gasteiger partial charge in [0, 0.05) is 29.8 Å². The van der Waals surface area contributed by atoms with Gasteiger partial charge in [0.25, 0.3) is 0 Å². The molecule has 2 aromatic rings. The van der Waals surface area contributed by atoms with Crippen LogP contribution in [0.5, 0.6) is 0 Å². The van der Waals surface area contributed by atoms with Gasteiger partial charge in [-0.25, -0.2) is 0 Å². The van der Waals surface area contributed by atoms with Gasteiger partial charge in [0.2, 0.25) is 11.8 Å². The van der Waals surface area contributed by atoms with E-state index in [1.54, 1.807) is 11.8 Å². The fourth-order valence-electron chi connectivity index (χ4n) is 3.60.